The predicted molar refractivity (Wildman–Crippen MR) is 115 cm³/mol. The maximum absolute atomic E-state index is 12.6. The van der Waals surface area contributed by atoms with E-state index < -0.39 is 5.91 Å². The van der Waals surface area contributed by atoms with Crippen LogP contribution in [-0.2, 0) is 9.53 Å². The van der Waals surface area contributed by atoms with Gasteiger partial charge in [-0.1, -0.05) is 0 Å². The minimum absolute atomic E-state index is 0.176. The van der Waals surface area contributed by atoms with Crippen molar-refractivity contribution in [2.75, 3.05) is 43.0 Å². The normalized spacial score (nSPS) is 15.5. The number of carbonyl (C=O) groups excluding carboxylic acids is 3. The Bertz CT molecular complexity index is 906. The van der Waals surface area contributed by atoms with Crippen molar-refractivity contribution < 1.29 is 19.1 Å². The number of esters is 1. The van der Waals surface area contributed by atoms with Crippen LogP contribution in [0.15, 0.2) is 29.8 Å². The van der Waals surface area contributed by atoms with Crippen molar-refractivity contribution in [3.8, 4) is 0 Å². The van der Waals surface area contributed by atoms with Gasteiger partial charge in [-0.3, -0.25) is 14.5 Å². The van der Waals surface area contributed by atoms with E-state index >= 15 is 0 Å². The average molecular weight is 432 g/mol. The van der Waals surface area contributed by atoms with Gasteiger partial charge in [0.1, 0.15) is 10.8 Å². The third-order valence-corrected chi connectivity index (χ3v) is 5.82. The second-order valence-electron chi connectivity index (χ2n) is 6.84. The number of primary amides is 1. The Balaban J connectivity index is 1.54. The lowest BCUT2D eigenvalue weighted by Gasteiger charge is -2.37. The molecule has 3 N–H and O–H groups in total. The van der Waals surface area contributed by atoms with Crippen molar-refractivity contribution in [1.29, 1.82) is 0 Å². The summed E-state index contributed by atoms with van der Waals surface area (Å²) in [7, 11) is 0. The molecule has 0 spiro atoms. The Labute approximate surface area is 178 Å². The zero-order valence-corrected chi connectivity index (χ0v) is 17.8. The second kappa shape index (κ2) is 9.68. The van der Waals surface area contributed by atoms with E-state index in [0.29, 0.717) is 48.9 Å². The molecule has 10 heteroatoms. The molecule has 2 amide bonds. The van der Waals surface area contributed by atoms with E-state index in [1.807, 2.05) is 6.92 Å². The Morgan fingerprint density at radius 3 is 2.57 bits per heavy atom. The molecule has 1 unspecified atom stereocenters. The standard InChI is InChI=1S/C20H25N5O4S/c1-3-29-20(28)14-4-5-16(22-12-14)25-9-7-24(8-10-25)13(2)18(27)23-19-15(17(21)26)6-11-30-19/h4-6,11-13H,3,7-10H2,1-2H3,(H2,21,26)(H,23,27). The number of nitrogens with zero attached hydrogens (tertiary/aromatic N) is 3. The Morgan fingerprint density at radius 2 is 1.97 bits per heavy atom. The van der Waals surface area contributed by atoms with Gasteiger partial charge in [0.05, 0.1) is 23.8 Å². The van der Waals surface area contributed by atoms with Crippen LogP contribution in [0.1, 0.15) is 34.6 Å². The second-order valence-corrected chi connectivity index (χ2v) is 7.76. The molecule has 0 aromatic carbocycles. The number of hydrogen-bond acceptors (Lipinski definition) is 8. The van der Waals surface area contributed by atoms with Crippen molar-refractivity contribution >= 4 is 39.9 Å². The molecule has 1 aliphatic heterocycles. The molecule has 1 saturated heterocycles. The summed E-state index contributed by atoms with van der Waals surface area (Å²) in [5.74, 6) is -0.337. The van der Waals surface area contributed by atoms with Gasteiger partial charge in [-0.15, -0.1) is 11.3 Å². The highest BCUT2D eigenvalue weighted by molar-refractivity contribution is 7.14. The first-order valence-corrected chi connectivity index (χ1v) is 10.6. The molecule has 2 aromatic rings. The van der Waals surface area contributed by atoms with E-state index in [1.165, 1.54) is 17.5 Å². The third kappa shape index (κ3) is 4.95. The van der Waals surface area contributed by atoms with E-state index in [0.717, 1.165) is 5.82 Å². The van der Waals surface area contributed by atoms with Gasteiger partial charge in [0.2, 0.25) is 5.91 Å². The number of aromatic nitrogens is 1. The molecule has 2 aromatic heterocycles. The molecule has 1 aliphatic rings. The first-order chi connectivity index (χ1) is 14.4. The minimum Gasteiger partial charge on any atom is -0.462 e. The summed E-state index contributed by atoms with van der Waals surface area (Å²) in [4.78, 5) is 44.4. The summed E-state index contributed by atoms with van der Waals surface area (Å²) in [5, 5.41) is 5.00. The lowest BCUT2D eigenvalue weighted by molar-refractivity contribution is -0.120. The lowest BCUT2D eigenvalue weighted by atomic mass is 10.2. The van der Waals surface area contributed by atoms with Gasteiger partial charge in [0.15, 0.2) is 0 Å². The Hall–Kier alpha value is -2.98. The van der Waals surface area contributed by atoms with Crippen molar-refractivity contribution in [3.63, 3.8) is 0 Å². The van der Waals surface area contributed by atoms with E-state index in [4.69, 9.17) is 10.5 Å². The number of thiophene rings is 1. The molecule has 30 heavy (non-hydrogen) atoms. The topological polar surface area (TPSA) is 118 Å². The van der Waals surface area contributed by atoms with Crippen molar-refractivity contribution in [3.05, 3.63) is 40.9 Å². The van der Waals surface area contributed by atoms with Gasteiger partial charge in [-0.25, -0.2) is 9.78 Å². The summed E-state index contributed by atoms with van der Waals surface area (Å²) >= 11 is 1.27. The molecule has 0 saturated carbocycles. The highest BCUT2D eigenvalue weighted by atomic mass is 32.1. The number of hydrogen-bond donors (Lipinski definition) is 2. The SMILES string of the molecule is CCOC(=O)c1ccc(N2CCN(C(C)C(=O)Nc3sccc3C(N)=O)CC2)nc1. The largest absolute Gasteiger partial charge is 0.462 e. The average Bonchev–Trinajstić information content (AvgIpc) is 3.22. The van der Waals surface area contributed by atoms with Crippen molar-refractivity contribution in [2.24, 2.45) is 5.73 Å². The summed E-state index contributed by atoms with van der Waals surface area (Å²) in [6, 6.07) is 4.76. The lowest BCUT2D eigenvalue weighted by Crippen LogP contribution is -2.53. The quantitative estimate of drug-likeness (QED) is 0.639. The minimum atomic E-state index is -0.561. The van der Waals surface area contributed by atoms with Gasteiger partial charge >= 0.3 is 5.97 Å². The third-order valence-electron chi connectivity index (χ3n) is 4.99. The Kier molecular flexibility index (Phi) is 7.01. The van der Waals surface area contributed by atoms with E-state index in [9.17, 15) is 14.4 Å². The molecule has 1 atom stereocenters. The summed E-state index contributed by atoms with van der Waals surface area (Å²) in [5.41, 5.74) is 6.08. The zero-order chi connectivity index (χ0) is 21.7. The first-order valence-electron chi connectivity index (χ1n) is 9.71. The van der Waals surface area contributed by atoms with Crippen LogP contribution in [0.4, 0.5) is 10.8 Å². The fraction of sp³-hybridized carbons (Fsp3) is 0.400. The molecule has 9 nitrogen and oxygen atoms in total. The van der Waals surface area contributed by atoms with Crippen LogP contribution in [0, 0.1) is 0 Å². The van der Waals surface area contributed by atoms with Crippen molar-refractivity contribution in [1.82, 2.24) is 9.88 Å². The van der Waals surface area contributed by atoms with Crippen LogP contribution in [0.5, 0.6) is 0 Å². The van der Waals surface area contributed by atoms with E-state index in [2.05, 4.69) is 20.1 Å². The fourth-order valence-corrected chi connectivity index (χ4v) is 4.02. The molecule has 0 bridgehead atoms. The fourth-order valence-electron chi connectivity index (χ4n) is 3.23. The van der Waals surface area contributed by atoms with Crippen LogP contribution in [0.25, 0.3) is 0 Å². The number of nitrogens with one attached hydrogen (secondary N) is 1. The predicted octanol–water partition coefficient (Wildman–Crippen LogP) is 1.57. The van der Waals surface area contributed by atoms with Crippen LogP contribution < -0.4 is 16.0 Å². The van der Waals surface area contributed by atoms with Crippen LogP contribution in [-0.4, -0.2) is 66.5 Å². The molecule has 0 aliphatic carbocycles. The maximum Gasteiger partial charge on any atom is 0.339 e. The van der Waals surface area contributed by atoms with Gasteiger partial charge < -0.3 is 20.7 Å². The number of rotatable bonds is 7. The highest BCUT2D eigenvalue weighted by Crippen LogP contribution is 2.23. The smallest absolute Gasteiger partial charge is 0.339 e. The highest BCUT2D eigenvalue weighted by Gasteiger charge is 2.27. The maximum atomic E-state index is 12.6. The first kappa shape index (κ1) is 21.7. The molecular weight excluding hydrogens is 406 g/mol. The number of pyridine rings is 1. The van der Waals surface area contributed by atoms with Gasteiger partial charge in [0, 0.05) is 32.4 Å². The van der Waals surface area contributed by atoms with Crippen LogP contribution in [0.2, 0.25) is 0 Å². The van der Waals surface area contributed by atoms with E-state index in [1.54, 1.807) is 30.5 Å². The van der Waals surface area contributed by atoms with Crippen LogP contribution in [0.3, 0.4) is 0 Å². The van der Waals surface area contributed by atoms with Gasteiger partial charge in [0.25, 0.3) is 5.91 Å². The Morgan fingerprint density at radius 1 is 1.23 bits per heavy atom. The molecular formula is C20H25N5O4S. The molecule has 0 radical (unpaired) electrons. The number of amides is 2. The molecule has 3 rings (SSSR count). The van der Waals surface area contributed by atoms with E-state index in [-0.39, 0.29) is 17.9 Å². The van der Waals surface area contributed by atoms with Crippen LogP contribution >= 0.6 is 11.3 Å². The number of ether oxygens (including phenoxy) is 1. The molecule has 1 fully saturated rings. The number of anilines is 2. The van der Waals surface area contributed by atoms with Crippen molar-refractivity contribution in [2.45, 2.75) is 19.9 Å². The summed E-state index contributed by atoms with van der Waals surface area (Å²) in [6.45, 7) is 6.70. The number of nitrogens with two attached hydrogens (primary N) is 1. The summed E-state index contributed by atoms with van der Waals surface area (Å²) in [6.07, 6.45) is 1.52. The van der Waals surface area contributed by atoms with Gasteiger partial charge in [-0.2, -0.15) is 0 Å². The zero-order valence-electron chi connectivity index (χ0n) is 17.0. The monoisotopic (exact) mass is 431 g/mol. The van der Waals surface area contributed by atoms with Gasteiger partial charge in [-0.05, 0) is 37.4 Å². The number of carbonyl (C=O) groups is 3. The molecule has 160 valence electrons. The molecule has 3 heterocycles. The summed E-state index contributed by atoms with van der Waals surface area (Å²) < 4.78 is 4.97. The number of piperazine rings is 1.